The molecule has 0 aromatic rings. The lowest BCUT2D eigenvalue weighted by atomic mass is 9.97. The molecule has 0 aromatic carbocycles. The Morgan fingerprint density at radius 3 is 2.14 bits per heavy atom. The van der Waals surface area contributed by atoms with Crippen LogP contribution in [0.1, 0.15) is 33.6 Å². The number of piperidine rings is 1. The summed E-state index contributed by atoms with van der Waals surface area (Å²) >= 11 is 0. The van der Waals surface area contributed by atoms with Crippen LogP contribution in [0.3, 0.4) is 0 Å². The van der Waals surface area contributed by atoms with Crippen LogP contribution in [0.25, 0.3) is 0 Å². The molecule has 1 saturated heterocycles. The summed E-state index contributed by atoms with van der Waals surface area (Å²) in [5.41, 5.74) is 0.197. The largest absolute Gasteiger partial charge is 0.352 e. The highest BCUT2D eigenvalue weighted by Gasteiger charge is 2.38. The summed E-state index contributed by atoms with van der Waals surface area (Å²) in [6.07, 6.45) is 2.13. The van der Waals surface area contributed by atoms with Crippen LogP contribution in [0, 0.1) is 0 Å². The molecule has 1 fully saturated rings. The number of methoxy groups -OCH3 is 2. The van der Waals surface area contributed by atoms with E-state index in [1.807, 2.05) is 0 Å². The standard InChI is InChI=1S/C11H23NO2/c1-10(2,3)12-8-6-7-11(9-12,13-4)14-5/h6-9H2,1-5H3. The summed E-state index contributed by atoms with van der Waals surface area (Å²) in [5, 5.41) is 0. The summed E-state index contributed by atoms with van der Waals surface area (Å²) in [6.45, 7) is 8.69. The molecule has 0 aliphatic carbocycles. The zero-order chi connectivity index (χ0) is 10.8. The first-order chi connectivity index (χ1) is 6.43. The lowest BCUT2D eigenvalue weighted by Crippen LogP contribution is -2.56. The van der Waals surface area contributed by atoms with Crippen molar-refractivity contribution in [3.8, 4) is 0 Å². The maximum atomic E-state index is 5.49. The third-order valence-electron chi connectivity index (χ3n) is 3.11. The monoisotopic (exact) mass is 201 g/mol. The molecular formula is C11H23NO2. The molecule has 0 amide bonds. The van der Waals surface area contributed by atoms with Crippen molar-refractivity contribution in [2.75, 3.05) is 27.3 Å². The van der Waals surface area contributed by atoms with Gasteiger partial charge in [-0.3, -0.25) is 4.90 Å². The van der Waals surface area contributed by atoms with E-state index in [-0.39, 0.29) is 11.3 Å². The minimum Gasteiger partial charge on any atom is -0.352 e. The SMILES string of the molecule is COC1(OC)CCCN(C(C)(C)C)C1. The van der Waals surface area contributed by atoms with Crippen LogP contribution in [0.15, 0.2) is 0 Å². The van der Waals surface area contributed by atoms with E-state index in [9.17, 15) is 0 Å². The first-order valence-corrected chi connectivity index (χ1v) is 5.29. The average molecular weight is 201 g/mol. The highest BCUT2D eigenvalue weighted by Crippen LogP contribution is 2.29. The zero-order valence-corrected chi connectivity index (χ0v) is 10.1. The minimum atomic E-state index is -0.383. The fourth-order valence-electron chi connectivity index (χ4n) is 1.98. The molecule has 0 spiro atoms. The van der Waals surface area contributed by atoms with Gasteiger partial charge in [0, 0.05) is 26.2 Å². The van der Waals surface area contributed by atoms with Crippen LogP contribution in [-0.4, -0.2) is 43.5 Å². The van der Waals surface area contributed by atoms with Gasteiger partial charge in [-0.25, -0.2) is 0 Å². The summed E-state index contributed by atoms with van der Waals surface area (Å²) in [6, 6.07) is 0. The highest BCUT2D eigenvalue weighted by molar-refractivity contribution is 4.87. The second-order valence-corrected chi connectivity index (χ2v) is 5.01. The number of hydrogen-bond acceptors (Lipinski definition) is 3. The summed E-state index contributed by atoms with van der Waals surface area (Å²) in [7, 11) is 3.46. The van der Waals surface area contributed by atoms with E-state index >= 15 is 0 Å². The average Bonchev–Trinajstić information content (AvgIpc) is 2.16. The molecule has 0 aromatic heterocycles. The Morgan fingerprint density at radius 2 is 1.71 bits per heavy atom. The van der Waals surface area contributed by atoms with Gasteiger partial charge in [-0.05, 0) is 33.7 Å². The number of nitrogens with zero attached hydrogens (tertiary/aromatic N) is 1. The van der Waals surface area contributed by atoms with Crippen LogP contribution in [0.5, 0.6) is 0 Å². The van der Waals surface area contributed by atoms with E-state index in [1.165, 1.54) is 0 Å². The van der Waals surface area contributed by atoms with Crippen molar-refractivity contribution in [1.29, 1.82) is 0 Å². The highest BCUT2D eigenvalue weighted by atomic mass is 16.7. The molecular weight excluding hydrogens is 178 g/mol. The van der Waals surface area contributed by atoms with E-state index in [4.69, 9.17) is 9.47 Å². The molecule has 1 heterocycles. The Balaban J connectivity index is 2.68. The Hall–Kier alpha value is -0.120. The molecule has 0 atom stereocenters. The van der Waals surface area contributed by atoms with E-state index < -0.39 is 0 Å². The molecule has 1 rings (SSSR count). The summed E-state index contributed by atoms with van der Waals surface area (Å²) < 4.78 is 11.0. The van der Waals surface area contributed by atoms with E-state index in [0.717, 1.165) is 25.9 Å². The third-order valence-corrected chi connectivity index (χ3v) is 3.11. The first-order valence-electron chi connectivity index (χ1n) is 5.29. The Bertz CT molecular complexity index is 182. The van der Waals surface area contributed by atoms with E-state index in [2.05, 4.69) is 25.7 Å². The lowest BCUT2D eigenvalue weighted by molar-refractivity contribution is -0.239. The number of rotatable bonds is 2. The van der Waals surface area contributed by atoms with Crippen molar-refractivity contribution in [2.45, 2.75) is 44.9 Å². The van der Waals surface area contributed by atoms with Crippen molar-refractivity contribution in [2.24, 2.45) is 0 Å². The van der Waals surface area contributed by atoms with Gasteiger partial charge < -0.3 is 9.47 Å². The van der Waals surface area contributed by atoms with Gasteiger partial charge in [0.15, 0.2) is 5.79 Å². The van der Waals surface area contributed by atoms with Crippen LogP contribution < -0.4 is 0 Å². The van der Waals surface area contributed by atoms with Crippen LogP contribution >= 0.6 is 0 Å². The van der Waals surface area contributed by atoms with Crippen LogP contribution in [0.4, 0.5) is 0 Å². The molecule has 84 valence electrons. The Kier molecular flexibility index (Phi) is 3.56. The molecule has 1 aliphatic rings. The smallest absolute Gasteiger partial charge is 0.180 e. The van der Waals surface area contributed by atoms with Gasteiger partial charge >= 0.3 is 0 Å². The third kappa shape index (κ3) is 2.47. The Morgan fingerprint density at radius 1 is 1.14 bits per heavy atom. The minimum absolute atomic E-state index is 0.197. The van der Waals surface area contributed by atoms with Gasteiger partial charge in [-0.2, -0.15) is 0 Å². The molecule has 0 radical (unpaired) electrons. The van der Waals surface area contributed by atoms with Gasteiger partial charge in [0.2, 0.25) is 0 Å². The molecule has 3 nitrogen and oxygen atoms in total. The van der Waals surface area contributed by atoms with Crippen LogP contribution in [-0.2, 0) is 9.47 Å². The van der Waals surface area contributed by atoms with Crippen molar-refractivity contribution in [3.05, 3.63) is 0 Å². The summed E-state index contributed by atoms with van der Waals surface area (Å²) in [5.74, 6) is -0.383. The lowest BCUT2D eigenvalue weighted by Gasteiger charge is -2.46. The number of likely N-dealkylation sites (tertiary alicyclic amines) is 1. The van der Waals surface area contributed by atoms with Crippen molar-refractivity contribution in [3.63, 3.8) is 0 Å². The molecule has 0 unspecified atom stereocenters. The number of ether oxygens (including phenoxy) is 2. The molecule has 3 heteroatoms. The topological polar surface area (TPSA) is 21.7 Å². The predicted molar refractivity (Wildman–Crippen MR) is 57.3 cm³/mol. The molecule has 1 aliphatic heterocycles. The van der Waals surface area contributed by atoms with Gasteiger partial charge in [0.25, 0.3) is 0 Å². The maximum absolute atomic E-state index is 5.49. The maximum Gasteiger partial charge on any atom is 0.180 e. The molecule has 0 N–H and O–H groups in total. The fourth-order valence-corrected chi connectivity index (χ4v) is 1.98. The predicted octanol–water partition coefficient (Wildman–Crippen LogP) is 1.87. The van der Waals surface area contributed by atoms with Crippen molar-refractivity contribution in [1.82, 2.24) is 4.90 Å². The second kappa shape index (κ2) is 4.17. The quantitative estimate of drug-likeness (QED) is 0.637. The molecule has 0 saturated carbocycles. The van der Waals surface area contributed by atoms with Crippen molar-refractivity contribution >= 4 is 0 Å². The molecule has 14 heavy (non-hydrogen) atoms. The Labute approximate surface area is 87.4 Å². The van der Waals surface area contributed by atoms with Gasteiger partial charge in [-0.1, -0.05) is 0 Å². The van der Waals surface area contributed by atoms with Gasteiger partial charge in [-0.15, -0.1) is 0 Å². The van der Waals surface area contributed by atoms with Gasteiger partial charge in [0.05, 0.1) is 6.54 Å². The first kappa shape index (κ1) is 12.0. The molecule has 0 bridgehead atoms. The zero-order valence-electron chi connectivity index (χ0n) is 10.1. The van der Waals surface area contributed by atoms with E-state index in [0.29, 0.717) is 0 Å². The van der Waals surface area contributed by atoms with Gasteiger partial charge in [0.1, 0.15) is 0 Å². The number of hydrogen-bond donors (Lipinski definition) is 0. The summed E-state index contributed by atoms with van der Waals surface area (Å²) in [4.78, 5) is 2.42. The normalized spacial score (nSPS) is 23.8. The fraction of sp³-hybridized carbons (Fsp3) is 1.00. The van der Waals surface area contributed by atoms with E-state index in [1.54, 1.807) is 14.2 Å². The second-order valence-electron chi connectivity index (χ2n) is 5.01. The van der Waals surface area contributed by atoms with Crippen molar-refractivity contribution < 1.29 is 9.47 Å². The van der Waals surface area contributed by atoms with Crippen LogP contribution in [0.2, 0.25) is 0 Å².